The normalized spacial score (nSPS) is 18.3. The highest BCUT2D eigenvalue weighted by molar-refractivity contribution is 6.30. The predicted octanol–water partition coefficient (Wildman–Crippen LogP) is 3.34. The number of esters is 1. The lowest BCUT2D eigenvalue weighted by molar-refractivity contribution is -0.146. The molecule has 0 aliphatic carbocycles. The van der Waals surface area contributed by atoms with Gasteiger partial charge in [0.1, 0.15) is 12.7 Å². The quantitative estimate of drug-likeness (QED) is 0.0807. The second-order valence-corrected chi connectivity index (χ2v) is 10.0. The van der Waals surface area contributed by atoms with Gasteiger partial charge >= 0.3 is 11.9 Å². The maximum absolute atomic E-state index is 11.5. The van der Waals surface area contributed by atoms with Gasteiger partial charge in [-0.3, -0.25) is 4.79 Å². The van der Waals surface area contributed by atoms with Gasteiger partial charge in [-0.1, -0.05) is 98.7 Å². The number of carbonyl (C=O) groups is 2. The Morgan fingerprint density at radius 2 is 1.43 bits per heavy atom. The molecule has 40 heavy (non-hydrogen) atoms. The van der Waals surface area contributed by atoms with Gasteiger partial charge in [0, 0.05) is 23.4 Å². The first-order valence-electron chi connectivity index (χ1n) is 12.9. The van der Waals surface area contributed by atoms with Crippen molar-refractivity contribution in [2.75, 3.05) is 6.61 Å². The second kappa shape index (κ2) is 21.0. The Morgan fingerprint density at radius 1 is 0.825 bits per heavy atom. The molecule has 0 rings (SSSR count). The molecule has 0 aromatic carbocycles. The molecule has 0 amide bonds. The molecule has 0 aliphatic heterocycles. The molecule has 9 nitrogen and oxygen atoms in total. The minimum absolute atomic E-state index is 0.151. The van der Waals surface area contributed by atoms with E-state index in [1.165, 1.54) is 12.2 Å². The highest BCUT2D eigenvalue weighted by Crippen LogP contribution is 2.23. The summed E-state index contributed by atoms with van der Waals surface area (Å²) in [5, 5.41) is 59.2. The minimum Gasteiger partial charge on any atom is -0.481 e. The van der Waals surface area contributed by atoms with Crippen molar-refractivity contribution in [2.24, 2.45) is 11.8 Å². The van der Waals surface area contributed by atoms with Crippen molar-refractivity contribution in [3.05, 3.63) is 83.5 Å². The maximum atomic E-state index is 11.5. The molecular weight excluding hydrogens is 540 g/mol. The van der Waals surface area contributed by atoms with Crippen molar-refractivity contribution >= 4 is 23.5 Å². The molecule has 0 fully saturated rings. The number of hydrogen-bond acceptors (Lipinski definition) is 8. The molecule has 6 N–H and O–H groups in total. The molecule has 0 heterocycles. The van der Waals surface area contributed by atoms with E-state index in [4.69, 9.17) is 21.4 Å². The van der Waals surface area contributed by atoms with Crippen LogP contribution in [0.25, 0.3) is 0 Å². The Balaban J connectivity index is 4.75. The fraction of sp³-hybridized carbons (Fsp3) is 0.467. The number of aliphatic hydroxyl groups is 5. The second-order valence-electron chi connectivity index (χ2n) is 9.60. The van der Waals surface area contributed by atoms with Crippen LogP contribution >= 0.6 is 11.6 Å². The molecule has 0 radical (unpaired) electrons. The number of rotatable bonds is 18. The highest BCUT2D eigenvalue weighted by Gasteiger charge is 2.31. The van der Waals surface area contributed by atoms with Crippen LogP contribution in [0.3, 0.4) is 0 Å². The van der Waals surface area contributed by atoms with E-state index < -0.39 is 61.4 Å². The van der Waals surface area contributed by atoms with E-state index in [0.717, 1.165) is 11.6 Å². The Bertz CT molecular complexity index is 976. The fourth-order valence-electron chi connectivity index (χ4n) is 3.02. The summed E-state index contributed by atoms with van der Waals surface area (Å²) in [6, 6.07) is 0. The monoisotopic (exact) mass is 582 g/mol. The zero-order valence-electron chi connectivity index (χ0n) is 23.4. The number of carbonyl (C=O) groups excluding carboxylic acids is 1. The third kappa shape index (κ3) is 18.5. The number of hydrogen-bond donors (Lipinski definition) is 6. The number of halogens is 1. The van der Waals surface area contributed by atoms with Gasteiger partial charge in [-0.15, -0.1) is 0 Å². The molecule has 6 atom stereocenters. The van der Waals surface area contributed by atoms with Gasteiger partial charge < -0.3 is 35.4 Å². The Morgan fingerprint density at radius 3 is 2.05 bits per heavy atom. The van der Waals surface area contributed by atoms with Crippen molar-refractivity contribution in [1.29, 1.82) is 0 Å². The third-order valence-corrected chi connectivity index (χ3v) is 5.84. The van der Waals surface area contributed by atoms with Crippen LogP contribution in [0, 0.1) is 11.8 Å². The van der Waals surface area contributed by atoms with Gasteiger partial charge in [0.15, 0.2) is 0 Å². The van der Waals surface area contributed by atoms with E-state index in [2.05, 4.69) is 0 Å². The van der Waals surface area contributed by atoms with E-state index in [0.29, 0.717) is 5.92 Å². The molecule has 224 valence electrons. The van der Waals surface area contributed by atoms with Crippen LogP contribution in [-0.2, 0) is 14.3 Å². The Kier molecular flexibility index (Phi) is 19.6. The fourth-order valence-corrected chi connectivity index (χ4v) is 3.22. The molecule has 0 aromatic rings. The van der Waals surface area contributed by atoms with Gasteiger partial charge in [0.2, 0.25) is 0 Å². The molecule has 0 saturated heterocycles. The van der Waals surface area contributed by atoms with E-state index in [-0.39, 0.29) is 11.5 Å². The van der Waals surface area contributed by atoms with Gasteiger partial charge in [-0.2, -0.15) is 0 Å². The smallest absolute Gasteiger partial charge is 0.330 e. The average Bonchev–Trinajstić information content (AvgIpc) is 2.88. The standard InChI is InChI=1S/C30H43ClO9/c1-20(2)11-5-8-14-23(32)17-26(34)30(39)29(38)22(4)25(31)15-9-6-12-21(3)13-7-10-16-28(37)40-19-24(33)18-27(35)36/h5-16,20,22-24,26,29-30,32-34,38-39H,17-19H2,1-4H3,(H,35,36)/b9-6+,11-5+,13-7+,14-8+,16-10+,21-12+,25-15-. The highest BCUT2D eigenvalue weighted by atomic mass is 35.5. The molecule has 0 aromatic heterocycles. The molecule has 6 unspecified atom stereocenters. The largest absolute Gasteiger partial charge is 0.481 e. The van der Waals surface area contributed by atoms with Crippen molar-refractivity contribution in [1.82, 2.24) is 0 Å². The van der Waals surface area contributed by atoms with Gasteiger partial charge in [-0.05, 0) is 18.9 Å². The summed E-state index contributed by atoms with van der Waals surface area (Å²) in [5.74, 6) is -2.22. The summed E-state index contributed by atoms with van der Waals surface area (Å²) in [4.78, 5) is 22.0. The van der Waals surface area contributed by atoms with E-state index in [1.807, 2.05) is 26.8 Å². The first kappa shape index (κ1) is 37.2. The average molecular weight is 583 g/mol. The third-order valence-electron chi connectivity index (χ3n) is 5.37. The van der Waals surface area contributed by atoms with Crippen molar-refractivity contribution in [2.45, 2.75) is 71.1 Å². The first-order valence-corrected chi connectivity index (χ1v) is 13.3. The number of carboxylic acids is 1. The number of aliphatic carboxylic acids is 1. The molecule has 0 bridgehead atoms. The summed E-state index contributed by atoms with van der Waals surface area (Å²) in [6.45, 7) is 7.04. The molecule has 10 heteroatoms. The van der Waals surface area contributed by atoms with Crippen LogP contribution in [0.1, 0.15) is 40.5 Å². The summed E-state index contributed by atoms with van der Waals surface area (Å²) >= 11 is 6.26. The van der Waals surface area contributed by atoms with Crippen molar-refractivity contribution in [3.8, 4) is 0 Å². The van der Waals surface area contributed by atoms with Crippen LogP contribution in [-0.4, -0.2) is 79.7 Å². The lowest BCUT2D eigenvalue weighted by Crippen LogP contribution is -2.42. The molecule has 0 saturated carbocycles. The van der Waals surface area contributed by atoms with Crippen LogP contribution in [0.5, 0.6) is 0 Å². The van der Waals surface area contributed by atoms with Crippen molar-refractivity contribution in [3.63, 3.8) is 0 Å². The van der Waals surface area contributed by atoms with E-state index in [1.54, 1.807) is 55.5 Å². The van der Waals surface area contributed by atoms with Crippen LogP contribution in [0.4, 0.5) is 0 Å². The topological polar surface area (TPSA) is 165 Å². The lowest BCUT2D eigenvalue weighted by atomic mass is 9.93. The van der Waals surface area contributed by atoms with Gasteiger partial charge in [0.05, 0.1) is 30.8 Å². The Labute approximate surface area is 241 Å². The summed E-state index contributed by atoms with van der Waals surface area (Å²) in [5.41, 5.74) is 0.828. The van der Waals surface area contributed by atoms with E-state index in [9.17, 15) is 35.1 Å². The zero-order valence-corrected chi connectivity index (χ0v) is 24.1. The van der Waals surface area contributed by atoms with Crippen LogP contribution < -0.4 is 0 Å². The predicted molar refractivity (Wildman–Crippen MR) is 155 cm³/mol. The lowest BCUT2D eigenvalue weighted by Gasteiger charge is -2.27. The number of carboxylic acid groups (broad SMARTS) is 1. The molecule has 0 spiro atoms. The maximum Gasteiger partial charge on any atom is 0.330 e. The first-order chi connectivity index (χ1) is 18.7. The van der Waals surface area contributed by atoms with E-state index >= 15 is 0 Å². The number of allylic oxidation sites excluding steroid dienone is 11. The summed E-state index contributed by atoms with van der Waals surface area (Å²) in [6.07, 6.45) is 12.3. The zero-order chi connectivity index (χ0) is 30.7. The minimum atomic E-state index is -1.51. The SMILES string of the molecule is CC(/C=C/C=C/C(=O)OCC(O)CC(=O)O)=C\C=C\C=C(/Cl)C(C)C(O)C(O)C(O)CC(O)/C=C/C=C/C(C)C. The van der Waals surface area contributed by atoms with Gasteiger partial charge in [0.25, 0.3) is 0 Å². The molecular formula is C30H43ClO9. The Hall–Kier alpha value is -2.79. The van der Waals surface area contributed by atoms with Crippen LogP contribution in [0.15, 0.2) is 83.5 Å². The summed E-state index contributed by atoms with van der Waals surface area (Å²) in [7, 11) is 0. The van der Waals surface area contributed by atoms with Crippen LogP contribution in [0.2, 0.25) is 0 Å². The molecule has 0 aliphatic rings. The number of aliphatic hydroxyl groups excluding tert-OH is 5. The van der Waals surface area contributed by atoms with Crippen molar-refractivity contribution < 1.29 is 45.0 Å². The number of ether oxygens (including phenoxy) is 1. The summed E-state index contributed by atoms with van der Waals surface area (Å²) < 4.78 is 4.74. The van der Waals surface area contributed by atoms with Gasteiger partial charge in [-0.25, -0.2) is 4.79 Å².